The molecule has 1 aliphatic heterocycles. The Kier molecular flexibility index (Phi) is 4.10. The molecule has 0 amide bonds. The van der Waals surface area contributed by atoms with Gasteiger partial charge in [-0.3, -0.25) is 0 Å². The SMILES string of the molecule is CC1(O)CCCN(c2ncc(Br)cc2C(=O)O)CC1. The topological polar surface area (TPSA) is 73.7 Å². The number of aromatic carboxylic acids is 1. The normalized spacial score (nSPS) is 24.1. The highest BCUT2D eigenvalue weighted by molar-refractivity contribution is 9.10. The summed E-state index contributed by atoms with van der Waals surface area (Å²) in [6.07, 6.45) is 3.76. The van der Waals surface area contributed by atoms with Gasteiger partial charge in [0.1, 0.15) is 11.4 Å². The maximum atomic E-state index is 11.3. The number of nitrogens with zero attached hydrogens (tertiary/aromatic N) is 2. The van der Waals surface area contributed by atoms with Crippen LogP contribution in [0.3, 0.4) is 0 Å². The molecule has 1 unspecified atom stereocenters. The molecule has 0 bridgehead atoms. The van der Waals surface area contributed by atoms with Crippen molar-refractivity contribution in [1.82, 2.24) is 4.98 Å². The Morgan fingerprint density at radius 3 is 2.89 bits per heavy atom. The van der Waals surface area contributed by atoms with E-state index in [4.69, 9.17) is 0 Å². The van der Waals surface area contributed by atoms with Gasteiger partial charge in [0.15, 0.2) is 0 Å². The molecule has 0 aromatic carbocycles. The number of aliphatic hydroxyl groups is 1. The molecular formula is C13H17BrN2O3. The molecule has 2 heterocycles. The van der Waals surface area contributed by atoms with Crippen LogP contribution in [0.1, 0.15) is 36.5 Å². The van der Waals surface area contributed by atoms with Gasteiger partial charge in [0.05, 0.1) is 5.60 Å². The summed E-state index contributed by atoms with van der Waals surface area (Å²) < 4.78 is 0.649. The number of carboxylic acid groups (broad SMARTS) is 1. The molecule has 0 spiro atoms. The van der Waals surface area contributed by atoms with Crippen LogP contribution in [0.2, 0.25) is 0 Å². The summed E-state index contributed by atoms with van der Waals surface area (Å²) in [6, 6.07) is 1.56. The zero-order valence-electron chi connectivity index (χ0n) is 10.8. The molecule has 1 fully saturated rings. The fraction of sp³-hybridized carbons (Fsp3) is 0.538. The Balaban J connectivity index is 2.29. The second-order valence-electron chi connectivity index (χ2n) is 5.17. The van der Waals surface area contributed by atoms with Gasteiger partial charge in [-0.2, -0.15) is 0 Å². The lowest BCUT2D eigenvalue weighted by atomic mass is 9.98. The highest BCUT2D eigenvalue weighted by Crippen LogP contribution is 2.27. The van der Waals surface area contributed by atoms with Crippen LogP contribution in [0, 0.1) is 0 Å². The summed E-state index contributed by atoms with van der Waals surface area (Å²) >= 11 is 3.24. The van der Waals surface area contributed by atoms with Crippen molar-refractivity contribution in [2.75, 3.05) is 18.0 Å². The average molecular weight is 329 g/mol. The Labute approximate surface area is 120 Å². The van der Waals surface area contributed by atoms with E-state index in [9.17, 15) is 15.0 Å². The lowest BCUT2D eigenvalue weighted by Gasteiger charge is -2.24. The Morgan fingerprint density at radius 1 is 1.47 bits per heavy atom. The first-order valence-corrected chi connectivity index (χ1v) is 7.04. The minimum absolute atomic E-state index is 0.191. The first-order valence-electron chi connectivity index (χ1n) is 6.25. The van der Waals surface area contributed by atoms with Crippen LogP contribution in [0.4, 0.5) is 5.82 Å². The van der Waals surface area contributed by atoms with Gasteiger partial charge >= 0.3 is 5.97 Å². The van der Waals surface area contributed by atoms with Gasteiger partial charge in [-0.15, -0.1) is 0 Å². The van der Waals surface area contributed by atoms with Crippen molar-refractivity contribution in [3.8, 4) is 0 Å². The predicted octanol–water partition coefficient (Wildman–Crippen LogP) is 2.28. The third kappa shape index (κ3) is 3.45. The second kappa shape index (κ2) is 5.46. The van der Waals surface area contributed by atoms with E-state index in [1.54, 1.807) is 12.3 Å². The molecule has 104 valence electrons. The number of hydrogen-bond acceptors (Lipinski definition) is 4. The monoisotopic (exact) mass is 328 g/mol. The molecule has 2 rings (SSSR count). The number of halogens is 1. The summed E-state index contributed by atoms with van der Waals surface area (Å²) in [6.45, 7) is 3.15. The zero-order chi connectivity index (χ0) is 14.0. The van der Waals surface area contributed by atoms with E-state index in [0.717, 1.165) is 12.8 Å². The molecule has 0 saturated carbocycles. The van der Waals surface area contributed by atoms with Crippen molar-refractivity contribution in [2.24, 2.45) is 0 Å². The maximum absolute atomic E-state index is 11.3. The van der Waals surface area contributed by atoms with Crippen molar-refractivity contribution >= 4 is 27.7 Å². The molecule has 5 nitrogen and oxygen atoms in total. The fourth-order valence-corrected chi connectivity index (χ4v) is 2.65. The van der Waals surface area contributed by atoms with E-state index < -0.39 is 11.6 Å². The van der Waals surface area contributed by atoms with Gasteiger partial charge in [0.25, 0.3) is 0 Å². The Bertz CT molecular complexity index is 491. The molecule has 1 atom stereocenters. The maximum Gasteiger partial charge on any atom is 0.339 e. The van der Waals surface area contributed by atoms with Crippen molar-refractivity contribution in [3.05, 3.63) is 22.3 Å². The highest BCUT2D eigenvalue weighted by Gasteiger charge is 2.27. The van der Waals surface area contributed by atoms with Gasteiger partial charge in [-0.25, -0.2) is 9.78 Å². The van der Waals surface area contributed by atoms with E-state index in [1.165, 1.54) is 0 Å². The van der Waals surface area contributed by atoms with Crippen LogP contribution in [0.5, 0.6) is 0 Å². The predicted molar refractivity (Wildman–Crippen MR) is 75.6 cm³/mol. The van der Waals surface area contributed by atoms with E-state index in [-0.39, 0.29) is 5.56 Å². The molecule has 1 aliphatic rings. The van der Waals surface area contributed by atoms with E-state index in [1.807, 2.05) is 11.8 Å². The van der Waals surface area contributed by atoms with Crippen molar-refractivity contribution in [2.45, 2.75) is 31.8 Å². The first kappa shape index (κ1) is 14.3. The van der Waals surface area contributed by atoms with Crippen LogP contribution < -0.4 is 4.90 Å². The molecule has 1 aromatic heterocycles. The summed E-state index contributed by atoms with van der Waals surface area (Å²) in [7, 11) is 0. The van der Waals surface area contributed by atoms with Gasteiger partial charge in [0, 0.05) is 23.8 Å². The molecule has 1 saturated heterocycles. The minimum atomic E-state index is -0.986. The standard InChI is InChI=1S/C13H17BrN2O3/c1-13(19)3-2-5-16(6-4-13)11-10(12(17)18)7-9(14)8-15-11/h7-8,19H,2-6H2,1H3,(H,17,18). The minimum Gasteiger partial charge on any atom is -0.478 e. The summed E-state index contributed by atoms with van der Waals surface area (Å²) in [5.41, 5.74) is -0.482. The number of pyridine rings is 1. The summed E-state index contributed by atoms with van der Waals surface area (Å²) in [5, 5.41) is 19.3. The molecular weight excluding hydrogens is 312 g/mol. The third-order valence-corrected chi connectivity index (χ3v) is 3.86. The molecule has 2 N–H and O–H groups in total. The second-order valence-corrected chi connectivity index (χ2v) is 6.08. The number of aromatic nitrogens is 1. The van der Waals surface area contributed by atoms with Gasteiger partial charge < -0.3 is 15.1 Å². The third-order valence-electron chi connectivity index (χ3n) is 3.43. The summed E-state index contributed by atoms with van der Waals surface area (Å²) in [5.74, 6) is -0.506. The van der Waals surface area contributed by atoms with Gasteiger partial charge in [-0.1, -0.05) is 0 Å². The van der Waals surface area contributed by atoms with Crippen LogP contribution in [0.15, 0.2) is 16.7 Å². The largest absolute Gasteiger partial charge is 0.478 e. The number of hydrogen-bond donors (Lipinski definition) is 2. The van der Waals surface area contributed by atoms with Crippen LogP contribution >= 0.6 is 15.9 Å². The molecule has 0 radical (unpaired) electrons. The average Bonchev–Trinajstić information content (AvgIpc) is 2.50. The number of carboxylic acids is 1. The van der Waals surface area contributed by atoms with Crippen LogP contribution in [-0.2, 0) is 0 Å². The van der Waals surface area contributed by atoms with Crippen molar-refractivity contribution < 1.29 is 15.0 Å². The fourth-order valence-electron chi connectivity index (χ4n) is 2.32. The number of carbonyl (C=O) groups is 1. The zero-order valence-corrected chi connectivity index (χ0v) is 12.4. The lowest BCUT2D eigenvalue weighted by Crippen LogP contribution is -2.30. The van der Waals surface area contributed by atoms with E-state index in [0.29, 0.717) is 29.8 Å². The van der Waals surface area contributed by atoms with E-state index >= 15 is 0 Å². The summed E-state index contributed by atoms with van der Waals surface area (Å²) in [4.78, 5) is 17.5. The van der Waals surface area contributed by atoms with Crippen molar-refractivity contribution in [1.29, 1.82) is 0 Å². The smallest absolute Gasteiger partial charge is 0.339 e. The van der Waals surface area contributed by atoms with Crippen molar-refractivity contribution in [3.63, 3.8) is 0 Å². The lowest BCUT2D eigenvalue weighted by molar-refractivity contribution is 0.0481. The molecule has 6 heteroatoms. The number of rotatable bonds is 2. The highest BCUT2D eigenvalue weighted by atomic mass is 79.9. The first-order chi connectivity index (χ1) is 8.89. The quantitative estimate of drug-likeness (QED) is 0.871. The molecule has 0 aliphatic carbocycles. The molecule has 19 heavy (non-hydrogen) atoms. The van der Waals surface area contributed by atoms with Crippen LogP contribution in [0.25, 0.3) is 0 Å². The van der Waals surface area contributed by atoms with Crippen LogP contribution in [-0.4, -0.2) is 39.9 Å². The Morgan fingerprint density at radius 2 is 2.21 bits per heavy atom. The Hall–Kier alpha value is -1.14. The van der Waals surface area contributed by atoms with E-state index in [2.05, 4.69) is 20.9 Å². The number of anilines is 1. The van der Waals surface area contributed by atoms with Gasteiger partial charge in [0.2, 0.25) is 0 Å². The molecule has 1 aromatic rings. The van der Waals surface area contributed by atoms with Gasteiger partial charge in [-0.05, 0) is 48.2 Å².